The number of rotatable bonds is 22. The van der Waals surface area contributed by atoms with Gasteiger partial charge >= 0.3 is 0 Å². The average molecular weight is 1030 g/mol. The number of ether oxygens (including phenoxy) is 2. The Morgan fingerprint density at radius 3 is 1.82 bits per heavy atom. The molecule has 0 atom stereocenters. The summed E-state index contributed by atoms with van der Waals surface area (Å²) in [7, 11) is 13.1. The molecule has 2 aromatic carbocycles. The monoisotopic (exact) mass is 1030 g/mol. The lowest BCUT2D eigenvalue weighted by atomic mass is 10.1. The Morgan fingerprint density at radius 1 is 0.658 bits per heavy atom. The predicted octanol–water partition coefficient (Wildman–Crippen LogP) is 7.62. The third-order valence-corrected chi connectivity index (χ3v) is 13.4. The van der Waals surface area contributed by atoms with Gasteiger partial charge in [0.1, 0.15) is 29.1 Å². The van der Waals surface area contributed by atoms with Crippen molar-refractivity contribution in [3.63, 3.8) is 0 Å². The van der Waals surface area contributed by atoms with Crippen molar-refractivity contribution in [2.45, 2.75) is 19.4 Å². The average Bonchev–Trinajstić information content (AvgIpc) is 4.20. The number of hydrogen-bond donors (Lipinski definition) is 4. The van der Waals surface area contributed by atoms with Crippen molar-refractivity contribution in [1.29, 1.82) is 0 Å². The number of carbonyl (C=O) groups is 2. The van der Waals surface area contributed by atoms with Gasteiger partial charge in [-0.1, -0.05) is 13.2 Å². The van der Waals surface area contributed by atoms with Crippen molar-refractivity contribution in [3.8, 4) is 34.1 Å². The van der Waals surface area contributed by atoms with Gasteiger partial charge in [0.25, 0.3) is 0 Å². The molecule has 4 N–H and O–H groups in total. The normalized spacial score (nSPS) is 12.5. The van der Waals surface area contributed by atoms with Crippen LogP contribution in [-0.4, -0.2) is 140 Å². The van der Waals surface area contributed by atoms with E-state index in [9.17, 15) is 9.59 Å². The number of pyridine rings is 2. The van der Waals surface area contributed by atoms with Crippen LogP contribution in [0.4, 0.5) is 46.0 Å². The van der Waals surface area contributed by atoms with Gasteiger partial charge in [-0.25, -0.2) is 29.9 Å². The number of fused-ring (bicyclic) bond motifs is 2. The number of hydrogen-bond acceptors (Lipinski definition) is 17. The van der Waals surface area contributed by atoms with Crippen molar-refractivity contribution in [1.82, 2.24) is 53.8 Å². The number of amides is 2. The summed E-state index contributed by atoms with van der Waals surface area (Å²) >= 11 is 0. The van der Waals surface area contributed by atoms with Gasteiger partial charge in [-0.2, -0.15) is 4.98 Å². The minimum absolute atomic E-state index is 0.272. The molecule has 0 spiro atoms. The molecule has 76 heavy (non-hydrogen) atoms. The Balaban J connectivity index is 0.964. The zero-order valence-corrected chi connectivity index (χ0v) is 44.0. The minimum atomic E-state index is -0.383. The third-order valence-electron chi connectivity index (χ3n) is 13.4. The summed E-state index contributed by atoms with van der Waals surface area (Å²) in [6.45, 7) is 12.8. The van der Waals surface area contributed by atoms with Gasteiger partial charge in [0.15, 0.2) is 5.82 Å². The van der Waals surface area contributed by atoms with E-state index in [4.69, 9.17) is 24.4 Å². The Labute approximate surface area is 441 Å². The number of likely N-dealkylation sites (N-methyl/N-ethyl adjacent to an activating group) is 3. The molecule has 21 nitrogen and oxygen atoms in total. The maximum absolute atomic E-state index is 12.9. The first-order valence-electron chi connectivity index (χ1n) is 24.9. The molecule has 1 aliphatic rings. The summed E-state index contributed by atoms with van der Waals surface area (Å²) in [5.74, 6) is 1.34. The molecule has 0 saturated carbocycles. The molecule has 8 aromatic rings. The van der Waals surface area contributed by atoms with Crippen molar-refractivity contribution >= 4 is 79.9 Å². The highest BCUT2D eigenvalue weighted by Gasteiger charge is 2.21. The molecule has 1 saturated heterocycles. The number of nitrogens with zero attached hydrogens (tertiary/aromatic N) is 13. The van der Waals surface area contributed by atoms with Crippen LogP contribution in [0.25, 0.3) is 44.7 Å². The van der Waals surface area contributed by atoms with Crippen LogP contribution in [0.15, 0.2) is 111 Å². The topological polar surface area (TPSA) is 214 Å². The molecule has 6 aromatic heterocycles. The van der Waals surface area contributed by atoms with Crippen LogP contribution < -0.4 is 40.5 Å². The molecule has 0 bridgehead atoms. The molecule has 0 radical (unpaired) electrons. The molecular formula is C55H63N17O4. The molecule has 21 heteroatoms. The van der Waals surface area contributed by atoms with Crippen molar-refractivity contribution in [2.75, 3.05) is 106 Å². The van der Waals surface area contributed by atoms with Crippen LogP contribution in [0.5, 0.6) is 11.5 Å². The lowest BCUT2D eigenvalue weighted by Gasteiger charge is -2.27. The number of aryl methyl sites for hydroxylation is 2. The second-order valence-electron chi connectivity index (χ2n) is 18.7. The van der Waals surface area contributed by atoms with Crippen molar-refractivity contribution < 1.29 is 19.1 Å². The highest BCUT2D eigenvalue weighted by atomic mass is 16.5. The van der Waals surface area contributed by atoms with Gasteiger partial charge < -0.3 is 54.6 Å². The van der Waals surface area contributed by atoms with E-state index < -0.39 is 0 Å². The van der Waals surface area contributed by atoms with Gasteiger partial charge in [0, 0.05) is 120 Å². The quantitative estimate of drug-likeness (QED) is 0.0481. The Kier molecular flexibility index (Phi) is 15.8. The first-order valence-corrected chi connectivity index (χ1v) is 24.9. The number of carbonyl (C=O) groups excluding carboxylic acids is 2. The highest BCUT2D eigenvalue weighted by Crippen LogP contribution is 2.40. The summed E-state index contributed by atoms with van der Waals surface area (Å²) in [6.07, 6.45) is 13.8. The van der Waals surface area contributed by atoms with E-state index >= 15 is 0 Å². The van der Waals surface area contributed by atoms with Gasteiger partial charge in [-0.05, 0) is 87.6 Å². The maximum atomic E-state index is 12.9. The van der Waals surface area contributed by atoms with Crippen LogP contribution in [0.1, 0.15) is 18.5 Å². The molecule has 7 heterocycles. The van der Waals surface area contributed by atoms with E-state index in [1.165, 1.54) is 31.3 Å². The van der Waals surface area contributed by atoms with Gasteiger partial charge in [-0.3, -0.25) is 14.5 Å². The van der Waals surface area contributed by atoms with Gasteiger partial charge in [0.2, 0.25) is 23.7 Å². The second kappa shape index (κ2) is 23.1. The fraction of sp³-hybridized carbons (Fsp3) is 0.291. The third kappa shape index (κ3) is 11.9. The SMILES string of the molecule is C=CC(=O)Nc1cc(Nc2ncnc(-c3cnc4c(ccn4C)c3)n2)c(OC)cc1N(C)CCN(C)Cc1cc(-c2cnc3c(ccn3C)c2)nc(Nc2cc(NC(=O)C=C)c(N(C)CCN3CCCC3)cc2OC)n1. The van der Waals surface area contributed by atoms with E-state index in [-0.39, 0.29) is 17.8 Å². The van der Waals surface area contributed by atoms with Crippen LogP contribution in [0.3, 0.4) is 0 Å². The summed E-state index contributed by atoms with van der Waals surface area (Å²) in [5.41, 5.74) is 8.31. The van der Waals surface area contributed by atoms with Crippen LogP contribution in [0, 0.1) is 0 Å². The molecule has 1 aliphatic heterocycles. The molecular weight excluding hydrogens is 963 g/mol. The molecule has 9 rings (SSSR count). The number of nitrogens with one attached hydrogen (secondary N) is 4. The fourth-order valence-corrected chi connectivity index (χ4v) is 9.18. The number of methoxy groups -OCH3 is 2. The smallest absolute Gasteiger partial charge is 0.247 e. The first kappa shape index (κ1) is 51.9. The molecule has 1 fully saturated rings. The summed E-state index contributed by atoms with van der Waals surface area (Å²) in [6, 6.07) is 17.4. The minimum Gasteiger partial charge on any atom is -0.494 e. The largest absolute Gasteiger partial charge is 0.494 e. The molecule has 392 valence electrons. The molecule has 0 aliphatic carbocycles. The lowest BCUT2D eigenvalue weighted by Crippen LogP contribution is -2.32. The van der Waals surface area contributed by atoms with E-state index in [0.717, 1.165) is 70.8 Å². The molecule has 2 amide bonds. The van der Waals surface area contributed by atoms with Crippen molar-refractivity contribution in [2.24, 2.45) is 14.1 Å². The first-order chi connectivity index (χ1) is 36.8. The second-order valence-corrected chi connectivity index (χ2v) is 18.7. The van der Waals surface area contributed by atoms with E-state index in [1.807, 2.05) is 110 Å². The van der Waals surface area contributed by atoms with E-state index in [2.05, 4.69) is 75.1 Å². The zero-order valence-electron chi connectivity index (χ0n) is 44.0. The highest BCUT2D eigenvalue weighted by molar-refractivity contribution is 6.03. The number of anilines is 8. The number of benzene rings is 2. The lowest BCUT2D eigenvalue weighted by molar-refractivity contribution is -0.112. The number of aromatic nitrogens is 9. The zero-order chi connectivity index (χ0) is 53.5. The van der Waals surface area contributed by atoms with Gasteiger partial charge in [-0.15, -0.1) is 0 Å². The standard InChI is InChI=1S/C55H63N17O4/c1-10-49(73)61-41-27-43(64-54-59-34-58-51(66-54)38-25-36-15-19-71(7)53(36)57-32-38)47(75-8)29-45(41)68(4)21-20-67(3)33-39-26-40(37-24-35-14-18-70(6)52(35)56-31-37)63-55(60-39)65-44-28-42(62-50(74)11-2)46(30-48(44)76-9)69(5)22-23-72-16-12-13-17-72/h10-11,14-15,18-19,24-32,34H,1-2,12-13,16-17,20-23,33H2,3-9H3,(H,61,73)(H,62,74)(H,60,63,65)(H,58,59,64,66). The van der Waals surface area contributed by atoms with E-state index in [1.54, 1.807) is 26.5 Å². The van der Waals surface area contributed by atoms with Crippen LogP contribution in [-0.2, 0) is 30.2 Å². The predicted molar refractivity (Wildman–Crippen MR) is 300 cm³/mol. The van der Waals surface area contributed by atoms with Gasteiger partial charge in [0.05, 0.1) is 59.7 Å². The summed E-state index contributed by atoms with van der Waals surface area (Å²) < 4.78 is 15.8. The number of likely N-dealkylation sites (tertiary alicyclic amines) is 1. The Morgan fingerprint density at radius 2 is 1.22 bits per heavy atom. The molecule has 0 unspecified atom stereocenters. The van der Waals surface area contributed by atoms with E-state index in [0.29, 0.717) is 77.0 Å². The Hall–Kier alpha value is -8.95. The fourth-order valence-electron chi connectivity index (χ4n) is 9.18. The van der Waals surface area contributed by atoms with Crippen LogP contribution in [0.2, 0.25) is 0 Å². The maximum Gasteiger partial charge on any atom is 0.247 e. The Bertz CT molecular complexity index is 3440. The van der Waals surface area contributed by atoms with Crippen LogP contribution >= 0.6 is 0 Å². The summed E-state index contributed by atoms with van der Waals surface area (Å²) in [5, 5.41) is 14.6. The summed E-state index contributed by atoms with van der Waals surface area (Å²) in [4.78, 5) is 67.4. The van der Waals surface area contributed by atoms with Crippen molar-refractivity contribution in [3.05, 3.63) is 117 Å².